The summed E-state index contributed by atoms with van der Waals surface area (Å²) in [6.07, 6.45) is -1.98. The van der Waals surface area contributed by atoms with E-state index >= 15 is 0 Å². The summed E-state index contributed by atoms with van der Waals surface area (Å²) in [5.41, 5.74) is 0.0950. The monoisotopic (exact) mass is 485 g/mol. The molecule has 0 saturated carbocycles. The van der Waals surface area contributed by atoms with Gasteiger partial charge in [0.1, 0.15) is 5.75 Å². The number of benzene rings is 2. The fourth-order valence-corrected chi connectivity index (χ4v) is 4.96. The zero-order valence-electron chi connectivity index (χ0n) is 18.1. The second-order valence-electron chi connectivity index (χ2n) is 8.44. The van der Waals surface area contributed by atoms with Crippen LogP contribution in [0.25, 0.3) is 10.3 Å². The Labute approximate surface area is 198 Å². The van der Waals surface area contributed by atoms with E-state index in [1.165, 1.54) is 17.4 Å². The third-order valence-corrected chi connectivity index (χ3v) is 6.98. The van der Waals surface area contributed by atoms with Crippen molar-refractivity contribution in [2.45, 2.75) is 31.2 Å². The van der Waals surface area contributed by atoms with Gasteiger partial charge in [-0.15, -0.1) is 0 Å². The van der Waals surface area contributed by atoms with Crippen LogP contribution in [0.1, 0.15) is 29.5 Å². The van der Waals surface area contributed by atoms with E-state index in [1.807, 2.05) is 36.4 Å². The van der Waals surface area contributed by atoms with Crippen LogP contribution < -0.4 is 4.74 Å². The number of aromatic nitrogens is 2. The molecular formula is C25H22F3N3O2S. The summed E-state index contributed by atoms with van der Waals surface area (Å²) in [4.78, 5) is 10.8. The van der Waals surface area contributed by atoms with Gasteiger partial charge in [-0.1, -0.05) is 35.6 Å². The molecule has 0 spiro atoms. The quantitative estimate of drug-likeness (QED) is 0.377. The smallest absolute Gasteiger partial charge is 0.416 e. The van der Waals surface area contributed by atoms with Gasteiger partial charge in [0.05, 0.1) is 15.9 Å². The summed E-state index contributed by atoms with van der Waals surface area (Å²) in [6.45, 7) is 1.86. The first-order valence-corrected chi connectivity index (χ1v) is 11.7. The highest BCUT2D eigenvalue weighted by Gasteiger charge is 2.37. The van der Waals surface area contributed by atoms with Gasteiger partial charge < -0.3 is 9.84 Å². The molecule has 0 atom stereocenters. The molecule has 2 aromatic heterocycles. The lowest BCUT2D eigenvalue weighted by atomic mass is 9.83. The SMILES string of the molecule is OC1(c2cccc(C(F)(F)F)c2)CCN(Cc2ccc(Oc3nc4ncccc4s3)cc2)CC1. The zero-order valence-corrected chi connectivity index (χ0v) is 18.9. The Hall–Kier alpha value is -3.01. The van der Waals surface area contributed by atoms with Gasteiger partial charge in [0.2, 0.25) is 0 Å². The van der Waals surface area contributed by atoms with Gasteiger partial charge in [-0.3, -0.25) is 4.90 Å². The number of hydrogen-bond donors (Lipinski definition) is 1. The second-order valence-corrected chi connectivity index (χ2v) is 9.43. The van der Waals surface area contributed by atoms with Gasteiger partial charge in [-0.2, -0.15) is 18.2 Å². The van der Waals surface area contributed by atoms with Crippen LogP contribution >= 0.6 is 11.3 Å². The molecule has 9 heteroatoms. The van der Waals surface area contributed by atoms with Crippen molar-refractivity contribution in [2.75, 3.05) is 13.1 Å². The Kier molecular flexibility index (Phi) is 6.01. The molecule has 4 aromatic rings. The van der Waals surface area contributed by atoms with Crippen molar-refractivity contribution in [1.82, 2.24) is 14.9 Å². The predicted molar refractivity (Wildman–Crippen MR) is 124 cm³/mol. The van der Waals surface area contributed by atoms with Crippen LogP contribution in [0.4, 0.5) is 13.2 Å². The van der Waals surface area contributed by atoms with E-state index in [1.54, 1.807) is 12.3 Å². The number of nitrogens with zero attached hydrogens (tertiary/aromatic N) is 3. The van der Waals surface area contributed by atoms with Crippen molar-refractivity contribution < 1.29 is 23.0 Å². The number of thiazole rings is 1. The average Bonchev–Trinajstić information content (AvgIpc) is 3.24. The molecule has 34 heavy (non-hydrogen) atoms. The van der Waals surface area contributed by atoms with E-state index in [0.717, 1.165) is 22.4 Å². The Morgan fingerprint density at radius 3 is 2.50 bits per heavy atom. The summed E-state index contributed by atoms with van der Waals surface area (Å²) in [7, 11) is 0. The molecular weight excluding hydrogens is 463 g/mol. The number of piperidine rings is 1. The average molecular weight is 486 g/mol. The number of rotatable bonds is 5. The molecule has 1 aliphatic heterocycles. The molecule has 0 radical (unpaired) electrons. The maximum Gasteiger partial charge on any atom is 0.416 e. The van der Waals surface area contributed by atoms with Crippen LogP contribution in [-0.2, 0) is 18.3 Å². The Morgan fingerprint density at radius 1 is 1.03 bits per heavy atom. The number of ether oxygens (including phenoxy) is 1. The van der Waals surface area contributed by atoms with Crippen molar-refractivity contribution in [2.24, 2.45) is 0 Å². The van der Waals surface area contributed by atoms with E-state index in [4.69, 9.17) is 4.74 Å². The number of hydrogen-bond acceptors (Lipinski definition) is 6. The first-order valence-electron chi connectivity index (χ1n) is 10.9. The van der Waals surface area contributed by atoms with Crippen LogP contribution in [0, 0.1) is 0 Å². The third-order valence-electron chi connectivity index (χ3n) is 6.09. The van der Waals surface area contributed by atoms with Crippen LogP contribution in [0.15, 0.2) is 66.9 Å². The van der Waals surface area contributed by atoms with Crippen molar-refractivity contribution in [3.63, 3.8) is 0 Å². The predicted octanol–water partition coefficient (Wildman–Crippen LogP) is 5.99. The number of pyridine rings is 1. The number of fused-ring (bicyclic) bond motifs is 1. The van der Waals surface area contributed by atoms with Crippen molar-refractivity contribution in [3.8, 4) is 10.9 Å². The molecule has 0 bridgehead atoms. The van der Waals surface area contributed by atoms with Gasteiger partial charge in [-0.25, -0.2) is 4.98 Å². The number of halogens is 3. The van der Waals surface area contributed by atoms with Crippen molar-refractivity contribution >= 4 is 21.7 Å². The molecule has 1 N–H and O–H groups in total. The highest BCUT2D eigenvalue weighted by Crippen LogP contribution is 2.37. The lowest BCUT2D eigenvalue weighted by Crippen LogP contribution is -2.42. The number of alkyl halides is 3. The van der Waals surface area contributed by atoms with Gasteiger partial charge in [0, 0.05) is 25.8 Å². The van der Waals surface area contributed by atoms with Gasteiger partial charge in [0.25, 0.3) is 5.19 Å². The van der Waals surface area contributed by atoms with Crippen LogP contribution in [-0.4, -0.2) is 33.1 Å². The van der Waals surface area contributed by atoms with Gasteiger partial charge >= 0.3 is 6.18 Å². The first-order chi connectivity index (χ1) is 16.3. The molecule has 0 aliphatic carbocycles. The highest BCUT2D eigenvalue weighted by atomic mass is 32.1. The Morgan fingerprint density at radius 2 is 1.79 bits per heavy atom. The normalized spacial score (nSPS) is 16.6. The summed E-state index contributed by atoms with van der Waals surface area (Å²) in [5, 5.41) is 11.6. The number of likely N-dealkylation sites (tertiary alicyclic amines) is 1. The minimum absolute atomic E-state index is 0.327. The summed E-state index contributed by atoms with van der Waals surface area (Å²) >= 11 is 1.43. The molecule has 5 rings (SSSR count). The molecule has 1 fully saturated rings. The molecule has 176 valence electrons. The van der Waals surface area contributed by atoms with Gasteiger partial charge in [0.15, 0.2) is 5.65 Å². The standard InChI is InChI=1S/C25H22F3N3O2S/c26-25(27,28)19-4-1-3-18(15-19)24(32)10-13-31(14-11-24)16-17-6-8-20(9-7-17)33-23-30-22-21(34-23)5-2-12-29-22/h1-9,12,15,32H,10-11,13-14,16H2. The molecule has 1 saturated heterocycles. The molecule has 5 nitrogen and oxygen atoms in total. The number of aliphatic hydroxyl groups is 1. The second kappa shape index (κ2) is 8.98. The summed E-state index contributed by atoms with van der Waals surface area (Å²) in [5.74, 6) is 0.681. The maximum atomic E-state index is 13.1. The van der Waals surface area contributed by atoms with Crippen LogP contribution in [0.5, 0.6) is 10.9 Å². The summed E-state index contributed by atoms with van der Waals surface area (Å²) < 4.78 is 46.0. The summed E-state index contributed by atoms with van der Waals surface area (Å²) in [6, 6.07) is 16.6. The molecule has 3 heterocycles. The highest BCUT2D eigenvalue weighted by molar-refractivity contribution is 7.20. The topological polar surface area (TPSA) is 58.5 Å². The first kappa shape index (κ1) is 22.8. The van der Waals surface area contributed by atoms with E-state index in [2.05, 4.69) is 14.9 Å². The van der Waals surface area contributed by atoms with E-state index in [9.17, 15) is 18.3 Å². The van der Waals surface area contributed by atoms with Crippen molar-refractivity contribution in [1.29, 1.82) is 0 Å². The Balaban J connectivity index is 1.19. The zero-order chi connectivity index (χ0) is 23.8. The third kappa shape index (κ3) is 4.91. The van der Waals surface area contributed by atoms with Crippen LogP contribution in [0.3, 0.4) is 0 Å². The van der Waals surface area contributed by atoms with Gasteiger partial charge in [-0.05, 0) is 60.4 Å². The van der Waals surface area contributed by atoms with Crippen molar-refractivity contribution in [3.05, 3.63) is 83.6 Å². The fourth-order valence-electron chi connectivity index (χ4n) is 4.17. The minimum atomic E-state index is -4.42. The van der Waals surface area contributed by atoms with E-state index in [-0.39, 0.29) is 0 Å². The lowest BCUT2D eigenvalue weighted by Gasteiger charge is -2.38. The molecule has 0 unspecified atom stereocenters. The molecule has 0 amide bonds. The largest absolute Gasteiger partial charge is 0.431 e. The molecule has 1 aliphatic rings. The minimum Gasteiger partial charge on any atom is -0.431 e. The van der Waals surface area contributed by atoms with E-state index in [0.29, 0.717) is 54.6 Å². The van der Waals surface area contributed by atoms with E-state index < -0.39 is 17.3 Å². The van der Waals surface area contributed by atoms with Crippen LogP contribution in [0.2, 0.25) is 0 Å². The molecule has 2 aromatic carbocycles. The maximum absolute atomic E-state index is 13.1. The Bertz CT molecular complexity index is 1250. The lowest BCUT2D eigenvalue weighted by molar-refractivity contribution is -0.137. The fraction of sp³-hybridized carbons (Fsp3) is 0.280.